The summed E-state index contributed by atoms with van der Waals surface area (Å²) >= 11 is 0. The number of hydrogen-bond acceptors (Lipinski definition) is 2. The van der Waals surface area contributed by atoms with E-state index in [1.165, 1.54) is 19.5 Å². The fourth-order valence-electron chi connectivity index (χ4n) is 0.177. The van der Waals surface area contributed by atoms with Crippen molar-refractivity contribution in [2.45, 2.75) is 20.3 Å². The summed E-state index contributed by atoms with van der Waals surface area (Å²) in [6.07, 6.45) is 2.31. The van der Waals surface area contributed by atoms with Gasteiger partial charge in [0, 0.05) is 5.92 Å². The molecule has 0 aliphatic carbocycles. The summed E-state index contributed by atoms with van der Waals surface area (Å²) in [5.74, 6) is 0.204. The number of carbonyl (C=O) groups is 1. The van der Waals surface area contributed by atoms with Crippen LogP contribution in [0.5, 0.6) is 0 Å². The van der Waals surface area contributed by atoms with E-state index in [1.54, 1.807) is 0 Å². The molecule has 1 saturated heterocycles. The summed E-state index contributed by atoms with van der Waals surface area (Å²) in [6, 6.07) is 0. The largest absolute Gasteiger partial charge is 0.317 e. The molecule has 0 amide bonds. The zero-order chi connectivity index (χ0) is 7.11. The monoisotopic (exact) mass is 129 g/mol. The maximum absolute atomic E-state index is 9.50. The lowest BCUT2D eigenvalue weighted by atomic mass is 10.3. The van der Waals surface area contributed by atoms with E-state index in [9.17, 15) is 4.79 Å². The van der Waals surface area contributed by atoms with E-state index >= 15 is 0 Å². The van der Waals surface area contributed by atoms with Crippen molar-refractivity contribution in [1.82, 2.24) is 5.32 Å². The SMILES string of the molecule is C1CNC1.CC(C)C=O. The first kappa shape index (κ1) is 8.63. The molecule has 0 aromatic heterocycles. The minimum atomic E-state index is 0.204. The highest BCUT2D eigenvalue weighted by atomic mass is 16.1. The molecular weight excluding hydrogens is 114 g/mol. The molecular formula is C7H15NO. The third-order valence-electron chi connectivity index (χ3n) is 0.979. The highest BCUT2D eigenvalue weighted by Gasteiger charge is 1.92. The molecule has 0 radical (unpaired) electrons. The van der Waals surface area contributed by atoms with Crippen LogP contribution in [-0.2, 0) is 4.79 Å². The van der Waals surface area contributed by atoms with Gasteiger partial charge in [0.25, 0.3) is 0 Å². The molecule has 2 nitrogen and oxygen atoms in total. The van der Waals surface area contributed by atoms with E-state index in [4.69, 9.17) is 0 Å². The van der Waals surface area contributed by atoms with Gasteiger partial charge in [0.1, 0.15) is 6.29 Å². The summed E-state index contributed by atoms with van der Waals surface area (Å²) in [5, 5.41) is 3.11. The van der Waals surface area contributed by atoms with Crippen molar-refractivity contribution < 1.29 is 4.79 Å². The van der Waals surface area contributed by atoms with Gasteiger partial charge >= 0.3 is 0 Å². The molecule has 0 aromatic carbocycles. The molecule has 0 saturated carbocycles. The Kier molecular flexibility index (Phi) is 5.52. The van der Waals surface area contributed by atoms with Crippen molar-refractivity contribution in [2.24, 2.45) is 5.92 Å². The van der Waals surface area contributed by atoms with Gasteiger partial charge in [-0.3, -0.25) is 0 Å². The van der Waals surface area contributed by atoms with Gasteiger partial charge in [-0.1, -0.05) is 13.8 Å². The van der Waals surface area contributed by atoms with E-state index in [2.05, 4.69) is 5.32 Å². The Morgan fingerprint density at radius 1 is 1.44 bits per heavy atom. The minimum Gasteiger partial charge on any atom is -0.317 e. The highest BCUT2D eigenvalue weighted by molar-refractivity contribution is 5.51. The maximum atomic E-state index is 9.50. The first-order valence-electron chi connectivity index (χ1n) is 3.43. The summed E-state index contributed by atoms with van der Waals surface area (Å²) in [6.45, 7) is 6.21. The van der Waals surface area contributed by atoms with Crippen LogP contribution in [0.2, 0.25) is 0 Å². The van der Waals surface area contributed by atoms with Crippen LogP contribution in [0, 0.1) is 5.92 Å². The lowest BCUT2D eigenvalue weighted by Gasteiger charge is -2.09. The normalized spacial score (nSPS) is 15.4. The number of nitrogens with one attached hydrogen (secondary N) is 1. The predicted octanol–water partition coefficient (Wildman–Crippen LogP) is 0.821. The zero-order valence-electron chi connectivity index (χ0n) is 6.18. The second kappa shape index (κ2) is 5.76. The Labute approximate surface area is 56.6 Å². The molecule has 0 bridgehead atoms. The van der Waals surface area contributed by atoms with Crippen molar-refractivity contribution in [3.05, 3.63) is 0 Å². The van der Waals surface area contributed by atoms with Crippen molar-refractivity contribution in [3.8, 4) is 0 Å². The standard InChI is InChI=1S/C4H8O.C3H7N/c1-4(2)3-5;1-2-4-3-1/h3-4H,1-2H3;4H,1-3H2. The molecule has 1 aliphatic heterocycles. The lowest BCUT2D eigenvalue weighted by Crippen LogP contribution is -2.29. The third-order valence-corrected chi connectivity index (χ3v) is 0.979. The molecule has 2 heteroatoms. The molecule has 0 aromatic rings. The Balaban J connectivity index is 0.000000144. The van der Waals surface area contributed by atoms with E-state index in [0.29, 0.717) is 0 Å². The van der Waals surface area contributed by atoms with Gasteiger partial charge in [-0.15, -0.1) is 0 Å². The van der Waals surface area contributed by atoms with Crippen molar-refractivity contribution in [3.63, 3.8) is 0 Å². The first-order valence-corrected chi connectivity index (χ1v) is 3.43. The van der Waals surface area contributed by atoms with Crippen LogP contribution >= 0.6 is 0 Å². The van der Waals surface area contributed by atoms with Gasteiger partial charge in [-0.25, -0.2) is 0 Å². The average Bonchev–Trinajstić information content (AvgIpc) is 1.61. The second-order valence-corrected chi connectivity index (χ2v) is 2.48. The quantitative estimate of drug-likeness (QED) is 0.531. The van der Waals surface area contributed by atoms with Crippen LogP contribution < -0.4 is 5.32 Å². The summed E-state index contributed by atoms with van der Waals surface area (Å²) in [7, 11) is 0. The Bertz CT molecular complexity index is 63.3. The van der Waals surface area contributed by atoms with Crippen molar-refractivity contribution in [2.75, 3.05) is 13.1 Å². The summed E-state index contributed by atoms with van der Waals surface area (Å²) in [4.78, 5) is 9.50. The molecule has 0 unspecified atom stereocenters. The second-order valence-electron chi connectivity index (χ2n) is 2.48. The average molecular weight is 129 g/mol. The smallest absolute Gasteiger partial charge is 0.122 e. The number of rotatable bonds is 1. The fourth-order valence-corrected chi connectivity index (χ4v) is 0.177. The van der Waals surface area contributed by atoms with Crippen molar-refractivity contribution in [1.29, 1.82) is 0 Å². The van der Waals surface area contributed by atoms with Crippen molar-refractivity contribution >= 4 is 6.29 Å². The molecule has 0 atom stereocenters. The summed E-state index contributed by atoms with van der Waals surface area (Å²) in [5.41, 5.74) is 0. The fraction of sp³-hybridized carbons (Fsp3) is 0.857. The molecule has 1 fully saturated rings. The molecule has 1 N–H and O–H groups in total. The minimum absolute atomic E-state index is 0.204. The van der Waals surface area contributed by atoms with Crippen LogP contribution in [0.4, 0.5) is 0 Å². The molecule has 9 heavy (non-hydrogen) atoms. The number of hydrogen-bond donors (Lipinski definition) is 1. The van der Waals surface area contributed by atoms with Gasteiger partial charge in [0.2, 0.25) is 0 Å². The van der Waals surface area contributed by atoms with Crippen LogP contribution in [-0.4, -0.2) is 19.4 Å². The zero-order valence-corrected chi connectivity index (χ0v) is 6.18. The van der Waals surface area contributed by atoms with E-state index in [-0.39, 0.29) is 5.92 Å². The van der Waals surface area contributed by atoms with Gasteiger partial charge in [-0.2, -0.15) is 0 Å². The molecule has 54 valence electrons. The molecule has 1 rings (SSSR count). The Morgan fingerprint density at radius 2 is 1.67 bits per heavy atom. The van der Waals surface area contributed by atoms with Crippen LogP contribution in [0.15, 0.2) is 0 Å². The van der Waals surface area contributed by atoms with Crippen LogP contribution in [0.1, 0.15) is 20.3 Å². The Hall–Kier alpha value is -0.370. The third kappa shape index (κ3) is 7.63. The topological polar surface area (TPSA) is 29.1 Å². The molecule has 1 aliphatic rings. The summed E-state index contributed by atoms with van der Waals surface area (Å²) < 4.78 is 0. The maximum Gasteiger partial charge on any atom is 0.122 e. The Morgan fingerprint density at radius 3 is 1.67 bits per heavy atom. The van der Waals surface area contributed by atoms with Gasteiger partial charge in [-0.05, 0) is 19.5 Å². The van der Waals surface area contributed by atoms with E-state index in [0.717, 1.165) is 6.29 Å². The lowest BCUT2D eigenvalue weighted by molar-refractivity contribution is -0.110. The molecule has 1 heterocycles. The van der Waals surface area contributed by atoms with Crippen LogP contribution in [0.25, 0.3) is 0 Å². The van der Waals surface area contributed by atoms with E-state index in [1.807, 2.05) is 13.8 Å². The van der Waals surface area contributed by atoms with E-state index < -0.39 is 0 Å². The van der Waals surface area contributed by atoms with Gasteiger partial charge in [0.05, 0.1) is 0 Å². The van der Waals surface area contributed by atoms with Gasteiger partial charge < -0.3 is 10.1 Å². The van der Waals surface area contributed by atoms with Crippen LogP contribution in [0.3, 0.4) is 0 Å². The van der Waals surface area contributed by atoms with Gasteiger partial charge in [0.15, 0.2) is 0 Å². The number of carbonyl (C=O) groups excluding carboxylic acids is 1. The molecule has 0 spiro atoms. The first-order chi connectivity index (χ1) is 4.27. The number of aldehydes is 1. The highest BCUT2D eigenvalue weighted by Crippen LogP contribution is 1.80. The predicted molar refractivity (Wildman–Crippen MR) is 38.4 cm³/mol.